The summed E-state index contributed by atoms with van der Waals surface area (Å²) in [7, 11) is 0. The molecule has 2 heterocycles. The molecule has 96 valence electrons. The van der Waals surface area contributed by atoms with Crippen LogP contribution in [0.5, 0.6) is 0 Å². The molecule has 0 aliphatic heterocycles. The fourth-order valence-electron chi connectivity index (χ4n) is 2.91. The third-order valence-electron chi connectivity index (χ3n) is 3.85. The zero-order chi connectivity index (χ0) is 12.8. The largest absolute Gasteiger partial charge is 0.437 e. The van der Waals surface area contributed by atoms with Crippen molar-refractivity contribution in [2.75, 3.05) is 0 Å². The summed E-state index contributed by atoms with van der Waals surface area (Å²) in [6.45, 7) is 4.19. The van der Waals surface area contributed by atoms with E-state index in [1.165, 1.54) is 6.42 Å². The Morgan fingerprint density at radius 3 is 3.00 bits per heavy atom. The number of hydrogen-bond acceptors (Lipinski definition) is 4. The molecule has 1 aliphatic carbocycles. The van der Waals surface area contributed by atoms with Gasteiger partial charge in [0.15, 0.2) is 11.2 Å². The highest BCUT2D eigenvalue weighted by Gasteiger charge is 2.37. The van der Waals surface area contributed by atoms with Crippen LogP contribution in [0.25, 0.3) is 11.2 Å². The minimum Gasteiger partial charge on any atom is -0.437 e. The van der Waals surface area contributed by atoms with Crippen molar-refractivity contribution in [1.82, 2.24) is 9.97 Å². The second-order valence-corrected chi connectivity index (χ2v) is 5.65. The van der Waals surface area contributed by atoms with Gasteiger partial charge >= 0.3 is 0 Å². The lowest BCUT2D eigenvalue weighted by Gasteiger charge is -2.33. The van der Waals surface area contributed by atoms with Crippen LogP contribution in [0.1, 0.15) is 44.2 Å². The van der Waals surface area contributed by atoms with Crippen molar-refractivity contribution in [3.8, 4) is 0 Å². The highest BCUT2D eigenvalue weighted by atomic mass is 16.4. The molecule has 2 atom stereocenters. The van der Waals surface area contributed by atoms with Crippen LogP contribution in [-0.4, -0.2) is 9.97 Å². The number of pyridine rings is 1. The van der Waals surface area contributed by atoms with Crippen molar-refractivity contribution in [2.24, 2.45) is 11.7 Å². The van der Waals surface area contributed by atoms with Gasteiger partial charge in [-0.25, -0.2) is 4.98 Å². The van der Waals surface area contributed by atoms with E-state index in [1.807, 2.05) is 19.1 Å². The van der Waals surface area contributed by atoms with Crippen LogP contribution in [0.2, 0.25) is 0 Å². The molecule has 1 fully saturated rings. The normalized spacial score (nSPS) is 28.7. The Morgan fingerprint density at radius 1 is 1.39 bits per heavy atom. The average Bonchev–Trinajstić information content (AvgIpc) is 2.72. The van der Waals surface area contributed by atoms with E-state index in [0.29, 0.717) is 17.5 Å². The molecule has 1 saturated carbocycles. The molecule has 0 amide bonds. The van der Waals surface area contributed by atoms with Crippen LogP contribution in [-0.2, 0) is 5.54 Å². The molecule has 18 heavy (non-hydrogen) atoms. The predicted octanol–water partition coefficient (Wildman–Crippen LogP) is 2.90. The van der Waals surface area contributed by atoms with E-state index in [1.54, 1.807) is 0 Å². The number of oxazole rings is 1. The van der Waals surface area contributed by atoms with Gasteiger partial charge in [-0.1, -0.05) is 19.8 Å². The molecule has 2 N–H and O–H groups in total. The van der Waals surface area contributed by atoms with Gasteiger partial charge in [0, 0.05) is 5.69 Å². The van der Waals surface area contributed by atoms with Crippen molar-refractivity contribution in [3.05, 3.63) is 23.7 Å². The highest BCUT2D eigenvalue weighted by molar-refractivity contribution is 5.67. The first kappa shape index (κ1) is 11.7. The number of nitrogens with zero attached hydrogens (tertiary/aromatic N) is 2. The summed E-state index contributed by atoms with van der Waals surface area (Å²) in [6, 6.07) is 3.85. The van der Waals surface area contributed by atoms with E-state index in [0.717, 1.165) is 30.5 Å². The Balaban J connectivity index is 2.03. The number of hydrogen-bond donors (Lipinski definition) is 1. The minimum absolute atomic E-state index is 0.410. The van der Waals surface area contributed by atoms with Gasteiger partial charge in [-0.05, 0) is 37.8 Å². The van der Waals surface area contributed by atoms with E-state index in [-0.39, 0.29) is 0 Å². The number of aryl methyl sites for hydroxylation is 1. The maximum Gasteiger partial charge on any atom is 0.217 e. The first-order valence-corrected chi connectivity index (χ1v) is 6.60. The standard InChI is InChI=1S/C14H19N3O/c1-9-4-3-7-14(15,8-9)13-17-12-11(18-13)6-5-10(2)16-12/h5-6,9H,3-4,7-8,15H2,1-2H3. The monoisotopic (exact) mass is 245 g/mol. The van der Waals surface area contributed by atoms with Gasteiger partial charge in [-0.15, -0.1) is 0 Å². The van der Waals surface area contributed by atoms with Crippen LogP contribution in [0.3, 0.4) is 0 Å². The summed E-state index contributed by atoms with van der Waals surface area (Å²) in [5.74, 6) is 1.29. The second-order valence-electron chi connectivity index (χ2n) is 5.65. The van der Waals surface area contributed by atoms with E-state index >= 15 is 0 Å². The number of rotatable bonds is 1. The van der Waals surface area contributed by atoms with Gasteiger partial charge in [0.1, 0.15) is 0 Å². The third-order valence-corrected chi connectivity index (χ3v) is 3.85. The van der Waals surface area contributed by atoms with Gasteiger partial charge in [0.05, 0.1) is 5.54 Å². The maximum atomic E-state index is 6.49. The molecular formula is C14H19N3O. The van der Waals surface area contributed by atoms with E-state index in [9.17, 15) is 0 Å². The number of fused-ring (bicyclic) bond motifs is 1. The summed E-state index contributed by atoms with van der Waals surface area (Å²) in [5.41, 5.74) is 8.44. The van der Waals surface area contributed by atoms with Crippen molar-refractivity contribution in [2.45, 2.75) is 45.1 Å². The summed E-state index contributed by atoms with van der Waals surface area (Å²) in [6.07, 6.45) is 4.28. The first-order valence-electron chi connectivity index (χ1n) is 6.60. The van der Waals surface area contributed by atoms with E-state index < -0.39 is 5.54 Å². The Bertz CT molecular complexity index is 577. The van der Waals surface area contributed by atoms with Gasteiger partial charge in [0.2, 0.25) is 5.89 Å². The maximum absolute atomic E-state index is 6.49. The summed E-state index contributed by atoms with van der Waals surface area (Å²) >= 11 is 0. The summed E-state index contributed by atoms with van der Waals surface area (Å²) in [5, 5.41) is 0. The Labute approximate surface area is 107 Å². The molecule has 0 bridgehead atoms. The van der Waals surface area contributed by atoms with Gasteiger partial charge in [0.25, 0.3) is 0 Å². The number of aromatic nitrogens is 2. The lowest BCUT2D eigenvalue weighted by molar-refractivity contribution is 0.201. The Morgan fingerprint density at radius 2 is 2.22 bits per heavy atom. The Kier molecular flexibility index (Phi) is 2.63. The molecular weight excluding hydrogens is 226 g/mol. The lowest BCUT2D eigenvalue weighted by Crippen LogP contribution is -2.41. The van der Waals surface area contributed by atoms with Crippen molar-refractivity contribution in [1.29, 1.82) is 0 Å². The second kappa shape index (κ2) is 4.05. The topological polar surface area (TPSA) is 64.9 Å². The van der Waals surface area contributed by atoms with Crippen LogP contribution < -0.4 is 5.73 Å². The van der Waals surface area contributed by atoms with Crippen molar-refractivity contribution < 1.29 is 4.42 Å². The minimum atomic E-state index is -0.410. The van der Waals surface area contributed by atoms with Crippen LogP contribution in [0.15, 0.2) is 16.5 Å². The van der Waals surface area contributed by atoms with Crippen molar-refractivity contribution in [3.63, 3.8) is 0 Å². The van der Waals surface area contributed by atoms with Gasteiger partial charge < -0.3 is 10.2 Å². The highest BCUT2D eigenvalue weighted by Crippen LogP contribution is 2.38. The summed E-state index contributed by atoms with van der Waals surface area (Å²) < 4.78 is 5.82. The van der Waals surface area contributed by atoms with Crippen molar-refractivity contribution >= 4 is 11.2 Å². The molecule has 4 heteroatoms. The average molecular weight is 245 g/mol. The van der Waals surface area contributed by atoms with Gasteiger partial charge in [-0.3, -0.25) is 0 Å². The SMILES string of the molecule is Cc1ccc2oc(C3(N)CCCC(C)C3)nc2n1. The molecule has 0 radical (unpaired) electrons. The Hall–Kier alpha value is -1.42. The molecule has 3 rings (SSSR count). The predicted molar refractivity (Wildman–Crippen MR) is 70.0 cm³/mol. The molecule has 0 spiro atoms. The zero-order valence-corrected chi connectivity index (χ0v) is 10.9. The number of nitrogens with two attached hydrogens (primary N) is 1. The molecule has 0 saturated heterocycles. The van der Waals surface area contributed by atoms with Gasteiger partial charge in [-0.2, -0.15) is 4.98 Å². The lowest BCUT2D eigenvalue weighted by atomic mass is 9.77. The smallest absolute Gasteiger partial charge is 0.217 e. The molecule has 2 unspecified atom stereocenters. The molecule has 2 aromatic rings. The van der Waals surface area contributed by atoms with E-state index in [2.05, 4.69) is 16.9 Å². The molecule has 1 aliphatic rings. The molecule has 0 aromatic carbocycles. The first-order chi connectivity index (χ1) is 8.57. The van der Waals surface area contributed by atoms with Crippen LogP contribution >= 0.6 is 0 Å². The third kappa shape index (κ3) is 1.90. The van der Waals surface area contributed by atoms with E-state index in [4.69, 9.17) is 10.2 Å². The quantitative estimate of drug-likeness (QED) is 0.839. The van der Waals surface area contributed by atoms with Crippen LogP contribution in [0, 0.1) is 12.8 Å². The molecule has 2 aromatic heterocycles. The fourth-order valence-corrected chi connectivity index (χ4v) is 2.91. The van der Waals surface area contributed by atoms with Crippen LogP contribution in [0.4, 0.5) is 0 Å². The summed E-state index contributed by atoms with van der Waals surface area (Å²) in [4.78, 5) is 8.88. The zero-order valence-electron chi connectivity index (χ0n) is 10.9. The fraction of sp³-hybridized carbons (Fsp3) is 0.571. The molecule has 4 nitrogen and oxygen atoms in total.